The van der Waals surface area contributed by atoms with Crippen LogP contribution in [0.2, 0.25) is 0 Å². The summed E-state index contributed by atoms with van der Waals surface area (Å²) in [6.07, 6.45) is 3.37. The Kier molecular flexibility index (Phi) is 5.64. The van der Waals surface area contributed by atoms with Gasteiger partial charge in [0, 0.05) is 50.3 Å². The molecular weight excluding hydrogens is 392 g/mol. The monoisotopic (exact) mass is 411 g/mol. The average Bonchev–Trinajstić information content (AvgIpc) is 2.78. The first-order chi connectivity index (χ1) is 14.6. The molecule has 0 atom stereocenters. The standard InChI is InChI=1S/C20H19F2N7O/c21-14-1-2-16(22)17(13-14)25-20(30)29-11-9-28(10-12-29)19-4-3-18(26-27-19)24-15-5-7-23-8-6-15/h1-8,13H,9-12H2,(H,25,30)(H,23,24,26). The number of carbonyl (C=O) groups excluding carboxylic acids is 1. The number of halogens is 2. The number of rotatable bonds is 4. The van der Waals surface area contributed by atoms with Crippen LogP contribution in [-0.2, 0) is 0 Å². The van der Waals surface area contributed by atoms with Crippen LogP contribution < -0.4 is 15.5 Å². The van der Waals surface area contributed by atoms with E-state index in [1.54, 1.807) is 17.3 Å². The normalized spacial score (nSPS) is 13.8. The van der Waals surface area contributed by atoms with Crippen molar-refractivity contribution in [2.75, 3.05) is 41.7 Å². The smallest absolute Gasteiger partial charge is 0.322 e. The van der Waals surface area contributed by atoms with E-state index in [-0.39, 0.29) is 5.69 Å². The Morgan fingerprint density at radius 1 is 0.933 bits per heavy atom. The van der Waals surface area contributed by atoms with Gasteiger partial charge in [0.05, 0.1) is 5.69 Å². The van der Waals surface area contributed by atoms with Gasteiger partial charge in [-0.05, 0) is 36.4 Å². The molecule has 1 aliphatic rings. The summed E-state index contributed by atoms with van der Waals surface area (Å²) >= 11 is 0. The van der Waals surface area contributed by atoms with E-state index in [9.17, 15) is 13.6 Å². The molecule has 154 valence electrons. The zero-order chi connectivity index (χ0) is 20.9. The van der Waals surface area contributed by atoms with Gasteiger partial charge in [-0.15, -0.1) is 10.2 Å². The van der Waals surface area contributed by atoms with Crippen LogP contribution in [0.15, 0.2) is 54.9 Å². The van der Waals surface area contributed by atoms with Gasteiger partial charge in [-0.25, -0.2) is 13.6 Å². The fraction of sp³-hybridized carbons (Fsp3) is 0.200. The molecule has 1 aliphatic heterocycles. The summed E-state index contributed by atoms with van der Waals surface area (Å²) < 4.78 is 27.0. The van der Waals surface area contributed by atoms with E-state index >= 15 is 0 Å². The Labute approximate surface area is 171 Å². The van der Waals surface area contributed by atoms with Crippen LogP contribution in [0.1, 0.15) is 0 Å². The maximum Gasteiger partial charge on any atom is 0.322 e. The van der Waals surface area contributed by atoms with Crippen molar-refractivity contribution in [2.24, 2.45) is 0 Å². The molecule has 1 saturated heterocycles. The summed E-state index contributed by atoms with van der Waals surface area (Å²) in [5.74, 6) is 0.0164. The number of urea groups is 1. The van der Waals surface area contributed by atoms with Gasteiger partial charge in [0.25, 0.3) is 0 Å². The molecule has 2 N–H and O–H groups in total. The number of anilines is 4. The van der Waals surface area contributed by atoms with E-state index in [4.69, 9.17) is 0 Å². The largest absolute Gasteiger partial charge is 0.352 e. The first-order valence-electron chi connectivity index (χ1n) is 9.35. The number of pyridine rings is 1. The molecule has 0 aliphatic carbocycles. The van der Waals surface area contributed by atoms with Crippen LogP contribution in [0, 0.1) is 11.6 Å². The van der Waals surface area contributed by atoms with Crippen molar-refractivity contribution >= 4 is 29.0 Å². The summed E-state index contributed by atoms with van der Waals surface area (Å²) in [6, 6.07) is 9.81. The number of nitrogens with one attached hydrogen (secondary N) is 2. The molecule has 0 saturated carbocycles. The van der Waals surface area contributed by atoms with Crippen molar-refractivity contribution in [3.8, 4) is 0 Å². The van der Waals surface area contributed by atoms with Crippen LogP contribution in [-0.4, -0.2) is 52.3 Å². The Hall–Kier alpha value is -3.82. The lowest BCUT2D eigenvalue weighted by molar-refractivity contribution is 0.208. The Balaban J connectivity index is 1.31. The SMILES string of the molecule is O=C(Nc1cc(F)ccc1F)N1CCN(c2ccc(Nc3ccncc3)nn2)CC1. The lowest BCUT2D eigenvalue weighted by Crippen LogP contribution is -2.50. The molecule has 8 nitrogen and oxygen atoms in total. The lowest BCUT2D eigenvalue weighted by Gasteiger charge is -2.35. The minimum atomic E-state index is -0.681. The molecule has 10 heteroatoms. The third-order valence-electron chi connectivity index (χ3n) is 4.66. The molecule has 0 radical (unpaired) electrons. The van der Waals surface area contributed by atoms with Gasteiger partial charge in [-0.2, -0.15) is 0 Å². The number of piperazine rings is 1. The van der Waals surface area contributed by atoms with Crippen LogP contribution in [0.3, 0.4) is 0 Å². The molecule has 2 amide bonds. The molecule has 2 aromatic heterocycles. The number of aromatic nitrogens is 3. The number of hydrogen-bond acceptors (Lipinski definition) is 6. The molecular formula is C20H19F2N7O. The number of nitrogens with zero attached hydrogens (tertiary/aromatic N) is 5. The van der Waals surface area contributed by atoms with Crippen molar-refractivity contribution in [1.82, 2.24) is 20.1 Å². The number of benzene rings is 1. The Morgan fingerprint density at radius 2 is 1.70 bits per heavy atom. The summed E-state index contributed by atoms with van der Waals surface area (Å²) in [6.45, 7) is 1.93. The topological polar surface area (TPSA) is 86.3 Å². The highest BCUT2D eigenvalue weighted by atomic mass is 19.1. The van der Waals surface area contributed by atoms with E-state index in [0.29, 0.717) is 37.8 Å². The Bertz CT molecular complexity index is 1010. The maximum atomic E-state index is 13.7. The van der Waals surface area contributed by atoms with E-state index < -0.39 is 17.7 Å². The van der Waals surface area contributed by atoms with Gasteiger partial charge in [0.1, 0.15) is 11.6 Å². The van der Waals surface area contributed by atoms with Crippen molar-refractivity contribution in [2.45, 2.75) is 0 Å². The van der Waals surface area contributed by atoms with Crippen LogP contribution in [0.5, 0.6) is 0 Å². The lowest BCUT2D eigenvalue weighted by atomic mass is 10.3. The number of amides is 2. The second kappa shape index (κ2) is 8.68. The predicted octanol–water partition coefficient (Wildman–Crippen LogP) is 3.25. The molecule has 3 heterocycles. The highest BCUT2D eigenvalue weighted by Gasteiger charge is 2.23. The molecule has 3 aromatic rings. The fourth-order valence-corrected chi connectivity index (χ4v) is 3.07. The van der Waals surface area contributed by atoms with Crippen LogP contribution in [0.25, 0.3) is 0 Å². The van der Waals surface area contributed by atoms with Gasteiger partial charge >= 0.3 is 6.03 Å². The molecule has 0 spiro atoms. The zero-order valence-electron chi connectivity index (χ0n) is 15.9. The number of hydrogen-bond donors (Lipinski definition) is 2. The minimum absolute atomic E-state index is 0.175. The van der Waals surface area contributed by atoms with E-state index in [1.807, 2.05) is 29.2 Å². The first-order valence-corrected chi connectivity index (χ1v) is 9.35. The second-order valence-corrected chi connectivity index (χ2v) is 6.67. The third-order valence-corrected chi connectivity index (χ3v) is 4.66. The molecule has 0 bridgehead atoms. The highest BCUT2D eigenvalue weighted by molar-refractivity contribution is 5.89. The van der Waals surface area contributed by atoms with E-state index in [0.717, 1.165) is 23.9 Å². The highest BCUT2D eigenvalue weighted by Crippen LogP contribution is 2.19. The van der Waals surface area contributed by atoms with E-state index in [1.165, 1.54) is 0 Å². The van der Waals surface area contributed by atoms with Crippen molar-refractivity contribution in [1.29, 1.82) is 0 Å². The van der Waals surface area contributed by atoms with E-state index in [2.05, 4.69) is 25.8 Å². The van der Waals surface area contributed by atoms with Gasteiger partial charge in [-0.3, -0.25) is 4.98 Å². The predicted molar refractivity (Wildman–Crippen MR) is 109 cm³/mol. The molecule has 4 rings (SSSR count). The quantitative estimate of drug-likeness (QED) is 0.686. The summed E-state index contributed by atoms with van der Waals surface area (Å²) in [7, 11) is 0. The van der Waals surface area contributed by atoms with Gasteiger partial charge in [0.15, 0.2) is 11.6 Å². The van der Waals surface area contributed by atoms with Crippen LogP contribution >= 0.6 is 0 Å². The third kappa shape index (κ3) is 4.59. The summed E-state index contributed by atoms with van der Waals surface area (Å²) in [5.41, 5.74) is 0.687. The maximum absolute atomic E-state index is 13.7. The average molecular weight is 411 g/mol. The molecule has 30 heavy (non-hydrogen) atoms. The number of carbonyl (C=O) groups is 1. The van der Waals surface area contributed by atoms with Crippen molar-refractivity contribution in [3.63, 3.8) is 0 Å². The summed E-state index contributed by atoms with van der Waals surface area (Å²) in [4.78, 5) is 19.9. The van der Waals surface area contributed by atoms with Gasteiger partial charge in [0.2, 0.25) is 0 Å². The zero-order valence-corrected chi connectivity index (χ0v) is 15.9. The molecule has 0 unspecified atom stereocenters. The van der Waals surface area contributed by atoms with Gasteiger partial charge in [-0.1, -0.05) is 0 Å². The van der Waals surface area contributed by atoms with Gasteiger partial charge < -0.3 is 20.4 Å². The van der Waals surface area contributed by atoms with Crippen LogP contribution in [0.4, 0.5) is 36.6 Å². The minimum Gasteiger partial charge on any atom is -0.352 e. The fourth-order valence-electron chi connectivity index (χ4n) is 3.07. The second-order valence-electron chi connectivity index (χ2n) is 6.67. The summed E-state index contributed by atoms with van der Waals surface area (Å²) in [5, 5.41) is 14.0. The van der Waals surface area contributed by atoms with Crippen molar-refractivity contribution < 1.29 is 13.6 Å². The van der Waals surface area contributed by atoms with Crippen molar-refractivity contribution in [3.05, 3.63) is 66.5 Å². The molecule has 1 aromatic carbocycles. The molecule has 1 fully saturated rings. The Morgan fingerprint density at radius 3 is 2.40 bits per heavy atom. The first kappa shape index (κ1) is 19.5.